The molecule has 0 radical (unpaired) electrons. The minimum atomic E-state index is -2.27. The van der Waals surface area contributed by atoms with Crippen LogP contribution in [0.4, 0.5) is 0 Å². The van der Waals surface area contributed by atoms with Crippen molar-refractivity contribution in [3.8, 4) is 5.75 Å². The predicted molar refractivity (Wildman–Crippen MR) is 53.2 cm³/mol. The number of carboxylic acid groups (broad SMARTS) is 1. The maximum atomic E-state index is 11.2. The van der Waals surface area contributed by atoms with Gasteiger partial charge in [0.05, 0.1) is 6.42 Å². The van der Waals surface area contributed by atoms with E-state index in [-0.39, 0.29) is 32.1 Å². The smallest absolute Gasteiger partial charge is 0.303 e. The van der Waals surface area contributed by atoms with E-state index in [4.69, 9.17) is 9.63 Å². The van der Waals surface area contributed by atoms with Crippen molar-refractivity contribution in [1.29, 1.82) is 0 Å². The molecule has 4 nitrogen and oxygen atoms in total. The third kappa shape index (κ3) is 6.43. The van der Waals surface area contributed by atoms with E-state index in [0.29, 0.717) is 5.75 Å². The zero-order valence-electron chi connectivity index (χ0n) is 8.18. The van der Waals surface area contributed by atoms with Gasteiger partial charge in [-0.15, -0.1) is 0 Å². The van der Waals surface area contributed by atoms with Crippen molar-refractivity contribution in [3.63, 3.8) is 0 Å². The molecule has 0 bridgehead atoms. The van der Waals surface area contributed by atoms with Gasteiger partial charge in [-0.05, 0) is 12.1 Å². The molecule has 0 aromatic heterocycles. The molecule has 78 valence electrons. The summed E-state index contributed by atoms with van der Waals surface area (Å²) in [5.41, 5.74) is 0. The Morgan fingerprint density at radius 3 is 2.47 bits per heavy atom. The fourth-order valence-electron chi connectivity index (χ4n) is 0.880. The summed E-state index contributed by atoms with van der Waals surface area (Å²) in [6.45, 7) is 0. The quantitative estimate of drug-likeness (QED) is 0.661. The number of carboxylic acids is 1. The molecule has 1 atom stereocenters. The fourth-order valence-corrected chi connectivity index (χ4v) is 1.80. The summed E-state index contributed by atoms with van der Waals surface area (Å²) in [5.74, 6) is -0.443. The number of hydrogen-bond acceptors (Lipinski definition) is 3. The van der Waals surface area contributed by atoms with Crippen LogP contribution in [0, 0.1) is 0 Å². The maximum absolute atomic E-state index is 11.2. The third-order valence-electron chi connectivity index (χ3n) is 1.52. The predicted octanol–water partition coefficient (Wildman–Crippen LogP) is 2.01. The Hall–Kier alpha value is -0.657. The average Bonchev–Trinajstić information content (AvgIpc) is 2.16. The van der Waals surface area contributed by atoms with Gasteiger partial charge in [0.25, 0.3) is 0 Å². The number of para-hydroxylation sites is 1. The van der Waals surface area contributed by atoms with Crippen LogP contribution in [-0.2, 0) is 28.8 Å². The van der Waals surface area contributed by atoms with Crippen LogP contribution < -0.4 is 4.52 Å². The van der Waals surface area contributed by atoms with Crippen molar-refractivity contribution in [2.75, 3.05) is 6.16 Å². The van der Waals surface area contributed by atoms with Gasteiger partial charge < -0.3 is 9.63 Å². The minimum absolute atomic E-state index is 0. The average molecular weight is 280 g/mol. The van der Waals surface area contributed by atoms with Gasteiger partial charge in [0.1, 0.15) is 5.75 Å². The van der Waals surface area contributed by atoms with Crippen molar-refractivity contribution in [2.24, 2.45) is 0 Å². The van der Waals surface area contributed by atoms with Gasteiger partial charge in [0, 0.05) is 25.6 Å². The Morgan fingerprint density at radius 2 is 1.93 bits per heavy atom. The Bertz CT molecular complexity index is 328. The maximum Gasteiger partial charge on any atom is 0.303 e. The van der Waals surface area contributed by atoms with E-state index in [9.17, 15) is 9.36 Å². The van der Waals surface area contributed by atoms with Gasteiger partial charge in [-0.2, -0.15) is 0 Å². The number of aliphatic carboxylic acids is 1. The van der Waals surface area contributed by atoms with Gasteiger partial charge in [0.2, 0.25) is 8.03 Å². The largest absolute Gasteiger partial charge is 0.481 e. The van der Waals surface area contributed by atoms with Gasteiger partial charge in [0.15, 0.2) is 0 Å². The first-order chi connectivity index (χ1) is 6.68. The summed E-state index contributed by atoms with van der Waals surface area (Å²) in [4.78, 5) is 10.2. The molecule has 1 rings (SSSR count). The van der Waals surface area contributed by atoms with E-state index >= 15 is 0 Å². The van der Waals surface area contributed by atoms with Crippen LogP contribution in [0.15, 0.2) is 30.3 Å². The second-order valence-electron chi connectivity index (χ2n) is 2.68. The van der Waals surface area contributed by atoms with Crippen LogP contribution in [0.2, 0.25) is 0 Å². The zero-order chi connectivity index (χ0) is 10.4. The Kier molecular flexibility index (Phi) is 7.28. The van der Waals surface area contributed by atoms with E-state index in [2.05, 4.69) is 0 Å². The van der Waals surface area contributed by atoms with Crippen LogP contribution in [0.25, 0.3) is 0 Å². The van der Waals surface area contributed by atoms with E-state index in [1.165, 1.54) is 0 Å². The van der Waals surface area contributed by atoms with Crippen molar-refractivity contribution in [3.05, 3.63) is 30.3 Å². The van der Waals surface area contributed by atoms with E-state index < -0.39 is 14.0 Å². The van der Waals surface area contributed by atoms with Crippen molar-refractivity contribution < 1.29 is 38.5 Å². The summed E-state index contributed by atoms with van der Waals surface area (Å²) in [5, 5.41) is 8.35. The summed E-state index contributed by atoms with van der Waals surface area (Å²) in [7, 11) is -2.27. The molecule has 6 heteroatoms. The molecular formula is C9H11O4PZn. The van der Waals surface area contributed by atoms with Gasteiger partial charge in [-0.3, -0.25) is 9.36 Å². The molecule has 1 unspecified atom stereocenters. The first-order valence-electron chi connectivity index (χ1n) is 4.16. The molecule has 1 N–H and O–H groups in total. The summed E-state index contributed by atoms with van der Waals surface area (Å²) in [6, 6.07) is 8.72. The standard InChI is InChI=1S/C9H11O4P.Zn/c10-9(11)6-7-14(12)13-8-4-2-1-3-5-8;/h1-5,14H,6-7H2,(H,10,11);. The number of benzene rings is 1. The summed E-state index contributed by atoms with van der Waals surface area (Å²) >= 11 is 0. The normalized spacial score (nSPS) is 11.2. The second-order valence-corrected chi connectivity index (χ2v) is 4.13. The molecule has 0 spiro atoms. The molecule has 0 aliphatic heterocycles. The van der Waals surface area contributed by atoms with Gasteiger partial charge in [-0.25, -0.2) is 0 Å². The van der Waals surface area contributed by atoms with Crippen LogP contribution >= 0.6 is 8.03 Å². The third-order valence-corrected chi connectivity index (χ3v) is 2.64. The Morgan fingerprint density at radius 1 is 1.33 bits per heavy atom. The number of carbonyl (C=O) groups is 1. The Balaban J connectivity index is 0.00000196. The van der Waals surface area contributed by atoms with Crippen LogP contribution in [0.5, 0.6) is 5.75 Å². The van der Waals surface area contributed by atoms with Crippen molar-refractivity contribution in [1.82, 2.24) is 0 Å². The molecular weight excluding hydrogens is 268 g/mol. The molecule has 1 aromatic rings. The monoisotopic (exact) mass is 278 g/mol. The SMILES string of the molecule is O=C(O)CC[PH](=O)Oc1ccccc1.[Zn]. The molecule has 0 aliphatic carbocycles. The molecule has 0 saturated heterocycles. The number of hydrogen-bond donors (Lipinski definition) is 1. The summed E-state index contributed by atoms with van der Waals surface area (Å²) in [6.07, 6.45) is -0.0421. The molecule has 0 heterocycles. The van der Waals surface area contributed by atoms with Crippen LogP contribution in [-0.4, -0.2) is 17.2 Å². The Labute approximate surface area is 101 Å². The fraction of sp³-hybridized carbons (Fsp3) is 0.222. The minimum Gasteiger partial charge on any atom is -0.481 e. The zero-order valence-corrected chi connectivity index (χ0v) is 12.1. The van der Waals surface area contributed by atoms with E-state index in [1.807, 2.05) is 6.07 Å². The van der Waals surface area contributed by atoms with Gasteiger partial charge >= 0.3 is 5.97 Å². The van der Waals surface area contributed by atoms with Crippen molar-refractivity contribution in [2.45, 2.75) is 6.42 Å². The van der Waals surface area contributed by atoms with E-state index in [1.54, 1.807) is 24.3 Å². The second kappa shape index (κ2) is 7.61. The number of rotatable bonds is 5. The van der Waals surface area contributed by atoms with Gasteiger partial charge in [-0.1, -0.05) is 18.2 Å². The van der Waals surface area contributed by atoms with Crippen molar-refractivity contribution >= 4 is 14.0 Å². The molecule has 1 aromatic carbocycles. The van der Waals surface area contributed by atoms with Crippen LogP contribution in [0.3, 0.4) is 0 Å². The first-order valence-corrected chi connectivity index (χ1v) is 5.68. The molecule has 0 amide bonds. The molecule has 0 fully saturated rings. The van der Waals surface area contributed by atoms with E-state index in [0.717, 1.165) is 0 Å². The molecule has 0 saturated carbocycles. The van der Waals surface area contributed by atoms with Crippen LogP contribution in [0.1, 0.15) is 6.42 Å². The molecule has 15 heavy (non-hydrogen) atoms. The first kappa shape index (κ1) is 14.3. The molecule has 0 aliphatic rings. The summed E-state index contributed by atoms with van der Waals surface area (Å²) < 4.78 is 16.3. The topological polar surface area (TPSA) is 63.6 Å².